The highest BCUT2D eigenvalue weighted by Gasteiger charge is 2.35. The van der Waals surface area contributed by atoms with Crippen molar-refractivity contribution >= 4 is 15.7 Å². The Balaban J connectivity index is 1.79. The largest absolute Gasteiger partial charge is 0.493 e. The molecule has 0 aliphatic carbocycles. The minimum absolute atomic E-state index is 0.00594. The molecule has 28 heavy (non-hydrogen) atoms. The molecule has 1 aliphatic heterocycles. The summed E-state index contributed by atoms with van der Waals surface area (Å²) in [7, 11) is -3.11. The molecule has 0 N–H and O–H groups in total. The minimum atomic E-state index is -3.11. The van der Waals surface area contributed by atoms with Crippen LogP contribution in [0.5, 0.6) is 5.75 Å². The first-order valence-electron chi connectivity index (χ1n) is 9.53. The molecule has 1 aromatic heterocycles. The predicted octanol–water partition coefficient (Wildman–Crippen LogP) is 3.45. The van der Waals surface area contributed by atoms with Gasteiger partial charge in [0, 0.05) is 11.6 Å². The van der Waals surface area contributed by atoms with E-state index >= 15 is 0 Å². The van der Waals surface area contributed by atoms with E-state index in [1.165, 1.54) is 0 Å². The minimum Gasteiger partial charge on any atom is -0.493 e. The van der Waals surface area contributed by atoms with Gasteiger partial charge in [-0.1, -0.05) is 13.8 Å². The highest BCUT2D eigenvalue weighted by molar-refractivity contribution is 7.91. The van der Waals surface area contributed by atoms with Crippen molar-refractivity contribution in [1.29, 1.82) is 0 Å². The Morgan fingerprint density at radius 2 is 1.93 bits per heavy atom. The number of sulfone groups is 1. The summed E-state index contributed by atoms with van der Waals surface area (Å²) >= 11 is 0. The van der Waals surface area contributed by atoms with Crippen LogP contribution in [0.4, 0.5) is 0 Å². The monoisotopic (exact) mass is 405 g/mol. The van der Waals surface area contributed by atoms with Crippen molar-refractivity contribution in [2.45, 2.75) is 39.8 Å². The van der Waals surface area contributed by atoms with Gasteiger partial charge in [-0.15, -0.1) is 0 Å². The molecule has 1 atom stereocenters. The topological polar surface area (TPSA) is 76.8 Å². The highest BCUT2D eigenvalue weighted by atomic mass is 32.2. The van der Waals surface area contributed by atoms with E-state index in [0.717, 1.165) is 5.76 Å². The summed E-state index contributed by atoms with van der Waals surface area (Å²) < 4.78 is 35.2. The lowest BCUT2D eigenvalue weighted by atomic mass is 10.1. The molecule has 2 heterocycles. The zero-order valence-corrected chi connectivity index (χ0v) is 17.4. The Kier molecular flexibility index (Phi) is 6.13. The lowest BCUT2D eigenvalue weighted by molar-refractivity contribution is 0.0665. The third-order valence-electron chi connectivity index (χ3n) is 4.72. The molecule has 0 unspecified atom stereocenters. The van der Waals surface area contributed by atoms with E-state index in [1.807, 2.05) is 19.1 Å². The molecule has 0 saturated carbocycles. The fourth-order valence-corrected chi connectivity index (χ4v) is 4.98. The summed E-state index contributed by atoms with van der Waals surface area (Å²) in [5.74, 6) is 2.43. The molecular weight excluding hydrogens is 378 g/mol. The van der Waals surface area contributed by atoms with Gasteiger partial charge in [-0.3, -0.25) is 4.79 Å². The molecule has 1 fully saturated rings. The van der Waals surface area contributed by atoms with E-state index in [-0.39, 0.29) is 30.0 Å². The average molecular weight is 406 g/mol. The van der Waals surface area contributed by atoms with Gasteiger partial charge in [0.1, 0.15) is 17.3 Å². The van der Waals surface area contributed by atoms with Gasteiger partial charge in [0.15, 0.2) is 9.84 Å². The summed E-state index contributed by atoms with van der Waals surface area (Å²) in [6, 6.07) is 10.3. The first-order chi connectivity index (χ1) is 13.2. The van der Waals surface area contributed by atoms with Crippen LogP contribution >= 0.6 is 0 Å². The predicted molar refractivity (Wildman–Crippen MR) is 107 cm³/mol. The number of carbonyl (C=O) groups is 1. The fraction of sp³-hybridized carbons (Fsp3) is 0.476. The molecule has 1 saturated heterocycles. The van der Waals surface area contributed by atoms with Crippen molar-refractivity contribution in [2.24, 2.45) is 5.92 Å². The van der Waals surface area contributed by atoms with Gasteiger partial charge in [-0.25, -0.2) is 8.42 Å². The van der Waals surface area contributed by atoms with Crippen molar-refractivity contribution < 1.29 is 22.4 Å². The molecule has 1 aromatic carbocycles. The van der Waals surface area contributed by atoms with Crippen molar-refractivity contribution in [2.75, 3.05) is 18.1 Å². The second-order valence-corrected chi connectivity index (χ2v) is 9.96. The summed E-state index contributed by atoms with van der Waals surface area (Å²) in [6.45, 7) is 6.84. The van der Waals surface area contributed by atoms with Crippen molar-refractivity contribution in [3.05, 3.63) is 53.5 Å². The number of hydrogen-bond donors (Lipinski definition) is 0. The molecule has 7 heteroatoms. The van der Waals surface area contributed by atoms with Gasteiger partial charge in [0.25, 0.3) is 5.91 Å². The molecule has 1 amide bonds. The Bertz CT molecular complexity index is 915. The number of furan rings is 1. The van der Waals surface area contributed by atoms with Crippen LogP contribution < -0.4 is 4.74 Å². The smallest absolute Gasteiger partial charge is 0.254 e. The summed E-state index contributed by atoms with van der Waals surface area (Å²) in [6.07, 6.45) is 0.448. The number of carbonyl (C=O) groups excluding carboxylic acids is 1. The molecule has 0 spiro atoms. The van der Waals surface area contributed by atoms with Crippen LogP contribution in [0.2, 0.25) is 0 Å². The zero-order valence-electron chi connectivity index (χ0n) is 16.6. The van der Waals surface area contributed by atoms with Crippen molar-refractivity contribution in [3.8, 4) is 5.75 Å². The standard InChI is InChI=1S/C21H27NO5S/c1-15(2)13-26-19-8-5-17(6-9-19)21(23)22(12-20-7-4-16(3)27-20)18-10-11-28(24,25)14-18/h4-9,15,18H,10-14H2,1-3H3/t18-/m0/s1. The van der Waals surface area contributed by atoms with E-state index < -0.39 is 9.84 Å². The number of amides is 1. The SMILES string of the molecule is Cc1ccc(CN(C(=O)c2ccc(OCC(C)C)cc2)[C@H]2CCS(=O)(=O)C2)o1. The fourth-order valence-electron chi connectivity index (χ4n) is 3.25. The lowest BCUT2D eigenvalue weighted by Gasteiger charge is -2.27. The second kappa shape index (κ2) is 8.39. The van der Waals surface area contributed by atoms with Gasteiger partial charge in [-0.05, 0) is 55.7 Å². The van der Waals surface area contributed by atoms with Crippen LogP contribution in [0.1, 0.15) is 42.1 Å². The van der Waals surface area contributed by atoms with Gasteiger partial charge in [0.2, 0.25) is 0 Å². The van der Waals surface area contributed by atoms with Gasteiger partial charge >= 0.3 is 0 Å². The van der Waals surface area contributed by atoms with Crippen LogP contribution in [0, 0.1) is 12.8 Å². The lowest BCUT2D eigenvalue weighted by Crippen LogP contribution is -2.40. The first kappa shape index (κ1) is 20.5. The molecule has 152 valence electrons. The molecule has 6 nitrogen and oxygen atoms in total. The maximum atomic E-state index is 13.2. The van der Waals surface area contributed by atoms with Gasteiger partial charge < -0.3 is 14.1 Å². The number of rotatable bonds is 7. The third-order valence-corrected chi connectivity index (χ3v) is 6.47. The maximum Gasteiger partial charge on any atom is 0.254 e. The molecule has 0 bridgehead atoms. The summed E-state index contributed by atoms with van der Waals surface area (Å²) in [5, 5.41) is 0. The van der Waals surface area contributed by atoms with E-state index in [2.05, 4.69) is 13.8 Å². The maximum absolute atomic E-state index is 13.2. The molecule has 2 aromatic rings. The Morgan fingerprint density at radius 3 is 2.46 bits per heavy atom. The third kappa shape index (κ3) is 5.16. The normalized spacial score (nSPS) is 18.4. The molecule has 3 rings (SSSR count). The van der Waals surface area contributed by atoms with Crippen molar-refractivity contribution in [1.82, 2.24) is 4.90 Å². The van der Waals surface area contributed by atoms with Crippen LogP contribution in [0.15, 0.2) is 40.8 Å². The number of hydrogen-bond acceptors (Lipinski definition) is 5. The van der Waals surface area contributed by atoms with Crippen LogP contribution in [-0.4, -0.2) is 43.4 Å². The second-order valence-electron chi connectivity index (χ2n) is 7.73. The first-order valence-corrected chi connectivity index (χ1v) is 11.4. The summed E-state index contributed by atoms with van der Waals surface area (Å²) in [4.78, 5) is 14.8. The zero-order chi connectivity index (χ0) is 20.3. The van der Waals surface area contributed by atoms with E-state index in [9.17, 15) is 13.2 Å². The average Bonchev–Trinajstić information content (AvgIpc) is 3.22. The van der Waals surface area contributed by atoms with Gasteiger partial charge in [0.05, 0.1) is 24.7 Å². The Labute approximate surface area is 166 Å². The quantitative estimate of drug-likeness (QED) is 0.705. The van der Waals surface area contributed by atoms with E-state index in [0.29, 0.717) is 36.0 Å². The molecular formula is C21H27NO5S. The van der Waals surface area contributed by atoms with Crippen LogP contribution in [0.3, 0.4) is 0 Å². The summed E-state index contributed by atoms with van der Waals surface area (Å²) in [5.41, 5.74) is 0.504. The van der Waals surface area contributed by atoms with Crippen LogP contribution in [0.25, 0.3) is 0 Å². The number of benzene rings is 1. The van der Waals surface area contributed by atoms with Gasteiger partial charge in [-0.2, -0.15) is 0 Å². The Hall–Kier alpha value is -2.28. The number of nitrogens with zero attached hydrogens (tertiary/aromatic N) is 1. The van der Waals surface area contributed by atoms with E-state index in [1.54, 1.807) is 29.2 Å². The van der Waals surface area contributed by atoms with E-state index in [4.69, 9.17) is 9.15 Å². The number of ether oxygens (including phenoxy) is 1. The molecule has 1 aliphatic rings. The highest BCUT2D eigenvalue weighted by Crippen LogP contribution is 2.24. The van der Waals surface area contributed by atoms with Crippen LogP contribution in [-0.2, 0) is 16.4 Å². The number of aryl methyl sites for hydroxylation is 1. The Morgan fingerprint density at radius 1 is 1.21 bits per heavy atom. The van der Waals surface area contributed by atoms with Crippen molar-refractivity contribution in [3.63, 3.8) is 0 Å². The molecule has 0 radical (unpaired) electrons.